The third-order valence-electron chi connectivity index (χ3n) is 4.22. The third kappa shape index (κ3) is 4.23. The van der Waals surface area contributed by atoms with E-state index in [2.05, 4.69) is 15.7 Å². The fourth-order valence-corrected chi connectivity index (χ4v) is 3.64. The van der Waals surface area contributed by atoms with Gasteiger partial charge in [-0.05, 0) is 30.7 Å². The van der Waals surface area contributed by atoms with Gasteiger partial charge in [0, 0.05) is 19.0 Å². The number of thiophene rings is 1. The van der Waals surface area contributed by atoms with E-state index < -0.39 is 0 Å². The van der Waals surface area contributed by atoms with Crippen LogP contribution in [0.25, 0.3) is 0 Å². The van der Waals surface area contributed by atoms with Crippen LogP contribution in [0, 0.1) is 0 Å². The van der Waals surface area contributed by atoms with Gasteiger partial charge in [0.15, 0.2) is 0 Å². The Morgan fingerprint density at radius 2 is 2.12 bits per heavy atom. The summed E-state index contributed by atoms with van der Waals surface area (Å²) in [6.07, 6.45) is 7.42. The van der Waals surface area contributed by atoms with Crippen LogP contribution in [0.1, 0.15) is 54.2 Å². The predicted octanol–water partition coefficient (Wildman–Crippen LogP) is 3.21. The van der Waals surface area contributed by atoms with Crippen molar-refractivity contribution in [2.45, 2.75) is 44.6 Å². The monoisotopic (exact) mass is 346 g/mol. The summed E-state index contributed by atoms with van der Waals surface area (Å²) in [6, 6.07) is 5.88. The molecule has 1 aliphatic carbocycles. The molecule has 2 aromatic rings. The zero-order valence-corrected chi connectivity index (χ0v) is 14.3. The van der Waals surface area contributed by atoms with E-state index in [-0.39, 0.29) is 11.8 Å². The van der Waals surface area contributed by atoms with Crippen LogP contribution in [0.3, 0.4) is 0 Å². The molecule has 0 aromatic carbocycles. The fourth-order valence-electron chi connectivity index (χ4n) is 3.00. The molecule has 0 spiro atoms. The van der Waals surface area contributed by atoms with Gasteiger partial charge in [0.2, 0.25) is 5.91 Å². The summed E-state index contributed by atoms with van der Waals surface area (Å²) in [5.74, 6) is 0.652. The van der Waals surface area contributed by atoms with Crippen molar-refractivity contribution in [3.8, 4) is 0 Å². The van der Waals surface area contributed by atoms with E-state index in [4.69, 9.17) is 0 Å². The van der Waals surface area contributed by atoms with Crippen molar-refractivity contribution >= 4 is 29.0 Å². The van der Waals surface area contributed by atoms with E-state index in [1.165, 1.54) is 24.2 Å². The van der Waals surface area contributed by atoms with E-state index in [1.807, 2.05) is 22.2 Å². The number of aromatic nitrogens is 2. The van der Waals surface area contributed by atoms with Crippen LogP contribution in [0.4, 0.5) is 5.82 Å². The SMILES string of the molecule is O=C(CCCNC(=O)c1cccs1)Nc1ccnn1C1CCCC1. The first kappa shape index (κ1) is 16.7. The Morgan fingerprint density at radius 3 is 2.88 bits per heavy atom. The minimum Gasteiger partial charge on any atom is -0.351 e. The Hall–Kier alpha value is -2.15. The van der Waals surface area contributed by atoms with Gasteiger partial charge in [0.25, 0.3) is 5.91 Å². The van der Waals surface area contributed by atoms with Gasteiger partial charge in [-0.3, -0.25) is 9.59 Å². The normalized spacial score (nSPS) is 14.7. The van der Waals surface area contributed by atoms with E-state index in [1.54, 1.807) is 12.3 Å². The van der Waals surface area contributed by atoms with Crippen LogP contribution >= 0.6 is 11.3 Å². The first-order chi connectivity index (χ1) is 11.7. The molecule has 0 unspecified atom stereocenters. The number of hydrogen-bond donors (Lipinski definition) is 2. The number of nitrogens with zero attached hydrogens (tertiary/aromatic N) is 2. The largest absolute Gasteiger partial charge is 0.351 e. The zero-order valence-electron chi connectivity index (χ0n) is 13.5. The highest BCUT2D eigenvalue weighted by Gasteiger charge is 2.20. The molecule has 128 valence electrons. The minimum absolute atomic E-state index is 0.0416. The van der Waals surface area contributed by atoms with Gasteiger partial charge in [-0.1, -0.05) is 18.9 Å². The van der Waals surface area contributed by atoms with Crippen LogP contribution < -0.4 is 10.6 Å². The summed E-state index contributed by atoms with van der Waals surface area (Å²) in [7, 11) is 0. The van der Waals surface area contributed by atoms with Crippen molar-refractivity contribution in [1.29, 1.82) is 0 Å². The Labute approximate surface area is 145 Å². The molecule has 6 nitrogen and oxygen atoms in total. The molecule has 0 radical (unpaired) electrons. The molecule has 0 aliphatic heterocycles. The minimum atomic E-state index is -0.0790. The quantitative estimate of drug-likeness (QED) is 0.756. The number of amides is 2. The Morgan fingerprint density at radius 1 is 1.29 bits per heavy atom. The number of nitrogens with one attached hydrogen (secondary N) is 2. The van der Waals surface area contributed by atoms with Gasteiger partial charge >= 0.3 is 0 Å². The van der Waals surface area contributed by atoms with E-state index in [0.717, 1.165) is 18.7 Å². The summed E-state index contributed by atoms with van der Waals surface area (Å²) in [5.41, 5.74) is 0. The third-order valence-corrected chi connectivity index (χ3v) is 5.09. The maximum atomic E-state index is 12.1. The molecule has 0 atom stereocenters. The molecule has 2 amide bonds. The van der Waals surface area contributed by atoms with Gasteiger partial charge in [-0.25, -0.2) is 4.68 Å². The van der Waals surface area contributed by atoms with Crippen LogP contribution in [0.5, 0.6) is 0 Å². The summed E-state index contributed by atoms with van der Waals surface area (Å²) >= 11 is 1.41. The van der Waals surface area contributed by atoms with Crippen molar-refractivity contribution in [3.05, 3.63) is 34.7 Å². The molecule has 0 saturated heterocycles. The van der Waals surface area contributed by atoms with E-state index in [9.17, 15) is 9.59 Å². The number of rotatable bonds is 7. The zero-order chi connectivity index (χ0) is 16.8. The lowest BCUT2D eigenvalue weighted by atomic mass is 10.2. The lowest BCUT2D eigenvalue weighted by molar-refractivity contribution is -0.116. The summed E-state index contributed by atoms with van der Waals surface area (Å²) in [4.78, 5) is 24.6. The van der Waals surface area contributed by atoms with Gasteiger partial charge in [0.1, 0.15) is 5.82 Å². The van der Waals surface area contributed by atoms with Crippen LogP contribution in [0.2, 0.25) is 0 Å². The van der Waals surface area contributed by atoms with E-state index in [0.29, 0.717) is 30.3 Å². The average Bonchev–Trinajstić information content (AvgIpc) is 3.32. The molecule has 2 N–H and O–H groups in total. The van der Waals surface area contributed by atoms with Gasteiger partial charge in [0.05, 0.1) is 17.1 Å². The Bertz CT molecular complexity index is 675. The lowest BCUT2D eigenvalue weighted by Gasteiger charge is -2.14. The molecule has 2 aromatic heterocycles. The highest BCUT2D eigenvalue weighted by atomic mass is 32.1. The molecule has 24 heavy (non-hydrogen) atoms. The van der Waals surface area contributed by atoms with Gasteiger partial charge < -0.3 is 10.6 Å². The molecule has 1 saturated carbocycles. The number of carbonyl (C=O) groups excluding carboxylic acids is 2. The molecule has 0 bridgehead atoms. The highest BCUT2D eigenvalue weighted by molar-refractivity contribution is 7.12. The highest BCUT2D eigenvalue weighted by Crippen LogP contribution is 2.31. The van der Waals surface area contributed by atoms with Gasteiger partial charge in [-0.2, -0.15) is 5.10 Å². The number of carbonyl (C=O) groups is 2. The van der Waals surface area contributed by atoms with Crippen LogP contribution in [-0.4, -0.2) is 28.1 Å². The topological polar surface area (TPSA) is 76.0 Å². The average molecular weight is 346 g/mol. The summed E-state index contributed by atoms with van der Waals surface area (Å²) < 4.78 is 1.93. The van der Waals surface area contributed by atoms with Gasteiger partial charge in [-0.15, -0.1) is 11.3 Å². The smallest absolute Gasteiger partial charge is 0.261 e. The Kier molecular flexibility index (Phi) is 5.63. The van der Waals surface area contributed by atoms with E-state index >= 15 is 0 Å². The van der Waals surface area contributed by atoms with Crippen molar-refractivity contribution in [1.82, 2.24) is 15.1 Å². The molecule has 1 fully saturated rings. The van der Waals surface area contributed by atoms with Crippen molar-refractivity contribution in [3.63, 3.8) is 0 Å². The first-order valence-corrected chi connectivity index (χ1v) is 9.27. The Balaban J connectivity index is 1.40. The number of anilines is 1. The van der Waals surface area contributed by atoms with Crippen LogP contribution in [-0.2, 0) is 4.79 Å². The molecule has 7 heteroatoms. The van der Waals surface area contributed by atoms with Crippen LogP contribution in [0.15, 0.2) is 29.8 Å². The molecule has 3 rings (SSSR count). The standard InChI is InChI=1S/C17H22N4O2S/c22-16(8-3-10-18-17(23)14-7-4-12-24-14)20-15-9-11-19-21(15)13-5-1-2-6-13/h4,7,9,11-13H,1-3,5-6,8,10H2,(H,18,23)(H,20,22). The maximum Gasteiger partial charge on any atom is 0.261 e. The molecular formula is C17H22N4O2S. The maximum absolute atomic E-state index is 12.1. The molecular weight excluding hydrogens is 324 g/mol. The fraction of sp³-hybridized carbons (Fsp3) is 0.471. The second-order valence-electron chi connectivity index (χ2n) is 5.98. The van der Waals surface area contributed by atoms with Crippen molar-refractivity contribution < 1.29 is 9.59 Å². The number of hydrogen-bond acceptors (Lipinski definition) is 4. The molecule has 2 heterocycles. The predicted molar refractivity (Wildman–Crippen MR) is 94.2 cm³/mol. The second-order valence-corrected chi connectivity index (χ2v) is 6.93. The second kappa shape index (κ2) is 8.10. The van der Waals surface area contributed by atoms with Crippen molar-refractivity contribution in [2.24, 2.45) is 0 Å². The summed E-state index contributed by atoms with van der Waals surface area (Å²) in [6.45, 7) is 0.492. The first-order valence-electron chi connectivity index (χ1n) is 8.39. The lowest BCUT2D eigenvalue weighted by Crippen LogP contribution is -2.25. The van der Waals surface area contributed by atoms with Crippen molar-refractivity contribution in [2.75, 3.05) is 11.9 Å². The summed E-state index contributed by atoms with van der Waals surface area (Å²) in [5, 5.41) is 12.0. The molecule has 1 aliphatic rings.